The van der Waals surface area contributed by atoms with Crippen molar-refractivity contribution in [3.63, 3.8) is 0 Å². The fraction of sp³-hybridized carbons (Fsp3) is 0.769. The molecule has 7 nitrogen and oxygen atoms in total. The minimum Gasteiger partial charge on any atom is -0.318 e. The van der Waals surface area contributed by atoms with Crippen LogP contribution in [0.3, 0.4) is 0 Å². The van der Waals surface area contributed by atoms with Crippen molar-refractivity contribution in [3.05, 3.63) is 12.4 Å². The fourth-order valence-electron chi connectivity index (χ4n) is 2.62. The Bertz CT molecular complexity index is 557. The first-order chi connectivity index (χ1) is 9.95. The molecule has 120 valence electrons. The Morgan fingerprint density at radius 1 is 1.52 bits per heavy atom. The monoisotopic (exact) mass is 315 g/mol. The lowest BCUT2D eigenvalue weighted by atomic mass is 10.1. The molecule has 8 heteroatoms. The number of sulfonamides is 1. The van der Waals surface area contributed by atoms with Gasteiger partial charge in [0.25, 0.3) is 0 Å². The molecular formula is C13H25N5O2S. The van der Waals surface area contributed by atoms with Gasteiger partial charge < -0.3 is 10.2 Å². The number of likely N-dealkylation sites (N-methyl/N-ethyl adjacent to an activating group) is 3. The van der Waals surface area contributed by atoms with Crippen molar-refractivity contribution >= 4 is 10.0 Å². The number of hydrogen-bond acceptors (Lipinski definition) is 5. The van der Waals surface area contributed by atoms with Crippen LogP contribution in [0.4, 0.5) is 0 Å². The van der Waals surface area contributed by atoms with Gasteiger partial charge in [-0.15, -0.1) is 0 Å². The normalized spacial score (nSPS) is 21.0. The van der Waals surface area contributed by atoms with E-state index in [9.17, 15) is 8.42 Å². The van der Waals surface area contributed by atoms with Gasteiger partial charge >= 0.3 is 0 Å². The van der Waals surface area contributed by atoms with Crippen LogP contribution in [0.2, 0.25) is 0 Å². The van der Waals surface area contributed by atoms with E-state index < -0.39 is 10.0 Å². The summed E-state index contributed by atoms with van der Waals surface area (Å²) in [5.41, 5.74) is 0. The highest BCUT2D eigenvalue weighted by molar-refractivity contribution is 7.89. The first-order valence-electron chi connectivity index (χ1n) is 7.29. The summed E-state index contributed by atoms with van der Waals surface area (Å²) >= 11 is 0. The van der Waals surface area contributed by atoms with Gasteiger partial charge in [-0.3, -0.25) is 4.68 Å². The van der Waals surface area contributed by atoms with Crippen molar-refractivity contribution < 1.29 is 8.42 Å². The molecule has 1 saturated heterocycles. The van der Waals surface area contributed by atoms with Gasteiger partial charge in [0, 0.05) is 32.4 Å². The molecule has 0 bridgehead atoms. The summed E-state index contributed by atoms with van der Waals surface area (Å²) < 4.78 is 28.5. The molecule has 21 heavy (non-hydrogen) atoms. The number of rotatable bonds is 6. The van der Waals surface area contributed by atoms with Crippen LogP contribution in [0.1, 0.15) is 12.8 Å². The number of aromatic nitrogens is 2. The molecule has 0 aromatic carbocycles. The van der Waals surface area contributed by atoms with Gasteiger partial charge in [-0.25, -0.2) is 8.42 Å². The van der Waals surface area contributed by atoms with Crippen molar-refractivity contribution in [2.24, 2.45) is 0 Å². The van der Waals surface area contributed by atoms with Crippen molar-refractivity contribution in [1.29, 1.82) is 0 Å². The Kier molecular flexibility index (Phi) is 5.37. The summed E-state index contributed by atoms with van der Waals surface area (Å²) in [6, 6.07) is 0.0365. The third kappa shape index (κ3) is 3.82. The molecule has 0 saturated carbocycles. The van der Waals surface area contributed by atoms with E-state index in [4.69, 9.17) is 0 Å². The van der Waals surface area contributed by atoms with Crippen LogP contribution in [0.5, 0.6) is 0 Å². The molecule has 1 aliphatic heterocycles. The molecule has 1 fully saturated rings. The van der Waals surface area contributed by atoms with E-state index in [0.29, 0.717) is 6.54 Å². The maximum Gasteiger partial charge on any atom is 0.246 e. The zero-order valence-electron chi connectivity index (χ0n) is 13.0. The van der Waals surface area contributed by atoms with Gasteiger partial charge in [0.15, 0.2) is 0 Å². The van der Waals surface area contributed by atoms with E-state index in [-0.39, 0.29) is 10.9 Å². The summed E-state index contributed by atoms with van der Waals surface area (Å²) in [5, 5.41) is 7.14. The standard InChI is InChI=1S/C13H25N5O2S/c1-14-6-8-18-11-13(9-15-18)21(19,20)17(3)12-5-4-7-16(2)10-12/h9,11-12,14H,4-8,10H2,1-3H3. The number of likely N-dealkylation sites (tertiary alicyclic amines) is 1. The predicted octanol–water partition coefficient (Wildman–Crippen LogP) is -0.183. The molecule has 0 aliphatic carbocycles. The molecule has 1 atom stereocenters. The summed E-state index contributed by atoms with van der Waals surface area (Å²) in [6.07, 6.45) is 4.99. The van der Waals surface area contributed by atoms with Crippen LogP contribution in [-0.4, -0.2) is 74.2 Å². The van der Waals surface area contributed by atoms with Crippen LogP contribution in [0, 0.1) is 0 Å². The lowest BCUT2D eigenvalue weighted by molar-refractivity contribution is 0.187. The van der Waals surface area contributed by atoms with Gasteiger partial charge in [0.1, 0.15) is 4.90 Å². The number of hydrogen-bond donors (Lipinski definition) is 1. The quantitative estimate of drug-likeness (QED) is 0.788. The SMILES string of the molecule is CNCCn1cc(S(=O)(=O)N(C)C2CCCN(C)C2)cn1. The Morgan fingerprint density at radius 3 is 2.95 bits per heavy atom. The summed E-state index contributed by atoms with van der Waals surface area (Å²) in [7, 11) is 2.09. The summed E-state index contributed by atoms with van der Waals surface area (Å²) in [5.74, 6) is 0. The third-order valence-electron chi connectivity index (χ3n) is 3.99. The van der Waals surface area contributed by atoms with Gasteiger partial charge in [-0.05, 0) is 33.5 Å². The number of piperidine rings is 1. The summed E-state index contributed by atoms with van der Waals surface area (Å²) in [4.78, 5) is 2.45. The van der Waals surface area contributed by atoms with Gasteiger partial charge in [0.05, 0.1) is 12.7 Å². The maximum atomic E-state index is 12.7. The second kappa shape index (κ2) is 6.87. The Hall–Kier alpha value is -0.960. The maximum absolute atomic E-state index is 12.7. The van der Waals surface area contributed by atoms with Gasteiger partial charge in [0.2, 0.25) is 10.0 Å². The molecule has 1 aromatic rings. The minimum atomic E-state index is -3.46. The Balaban J connectivity index is 2.11. The smallest absolute Gasteiger partial charge is 0.246 e. The average Bonchev–Trinajstić information content (AvgIpc) is 2.93. The highest BCUT2D eigenvalue weighted by atomic mass is 32.2. The second-order valence-corrected chi connectivity index (χ2v) is 7.62. The Labute approximate surface area is 127 Å². The van der Waals surface area contributed by atoms with E-state index in [1.165, 1.54) is 10.5 Å². The number of nitrogens with zero attached hydrogens (tertiary/aromatic N) is 4. The van der Waals surface area contributed by atoms with E-state index >= 15 is 0 Å². The van der Waals surface area contributed by atoms with E-state index in [0.717, 1.165) is 32.5 Å². The van der Waals surface area contributed by atoms with Crippen LogP contribution in [0.15, 0.2) is 17.3 Å². The molecule has 2 heterocycles. The molecule has 1 aliphatic rings. The van der Waals surface area contributed by atoms with Crippen LogP contribution < -0.4 is 5.32 Å². The fourth-order valence-corrected chi connectivity index (χ4v) is 3.96. The van der Waals surface area contributed by atoms with Gasteiger partial charge in [-0.1, -0.05) is 0 Å². The first-order valence-corrected chi connectivity index (χ1v) is 8.73. The zero-order valence-corrected chi connectivity index (χ0v) is 13.8. The highest BCUT2D eigenvalue weighted by Crippen LogP contribution is 2.21. The molecule has 0 spiro atoms. The number of nitrogens with one attached hydrogen (secondary N) is 1. The first kappa shape index (κ1) is 16.4. The zero-order chi connectivity index (χ0) is 15.5. The van der Waals surface area contributed by atoms with Crippen molar-refractivity contribution in [1.82, 2.24) is 24.3 Å². The summed E-state index contributed by atoms with van der Waals surface area (Å²) in [6.45, 7) is 3.22. The molecular weight excluding hydrogens is 290 g/mol. The van der Waals surface area contributed by atoms with E-state index in [1.807, 2.05) is 14.1 Å². The van der Waals surface area contributed by atoms with Crippen LogP contribution in [-0.2, 0) is 16.6 Å². The predicted molar refractivity (Wildman–Crippen MR) is 81.6 cm³/mol. The molecule has 1 N–H and O–H groups in total. The second-order valence-electron chi connectivity index (χ2n) is 5.62. The lowest BCUT2D eigenvalue weighted by Gasteiger charge is -2.34. The topological polar surface area (TPSA) is 70.5 Å². The lowest BCUT2D eigenvalue weighted by Crippen LogP contribution is -2.47. The van der Waals surface area contributed by atoms with E-state index in [1.54, 1.807) is 17.9 Å². The third-order valence-corrected chi connectivity index (χ3v) is 5.85. The molecule has 0 amide bonds. The highest BCUT2D eigenvalue weighted by Gasteiger charge is 2.31. The largest absolute Gasteiger partial charge is 0.318 e. The molecule has 2 rings (SSSR count). The Morgan fingerprint density at radius 2 is 2.29 bits per heavy atom. The molecule has 1 aromatic heterocycles. The average molecular weight is 315 g/mol. The molecule has 0 radical (unpaired) electrons. The molecule has 1 unspecified atom stereocenters. The van der Waals surface area contributed by atoms with E-state index in [2.05, 4.69) is 15.3 Å². The minimum absolute atomic E-state index is 0.0365. The van der Waals surface area contributed by atoms with Crippen molar-refractivity contribution in [3.8, 4) is 0 Å². The van der Waals surface area contributed by atoms with Crippen LogP contribution >= 0.6 is 0 Å². The van der Waals surface area contributed by atoms with Crippen molar-refractivity contribution in [2.45, 2.75) is 30.3 Å². The van der Waals surface area contributed by atoms with Crippen molar-refractivity contribution in [2.75, 3.05) is 40.8 Å². The van der Waals surface area contributed by atoms with Gasteiger partial charge in [-0.2, -0.15) is 9.40 Å². The van der Waals surface area contributed by atoms with Crippen LogP contribution in [0.25, 0.3) is 0 Å².